The molecule has 0 spiro atoms. The quantitative estimate of drug-likeness (QED) is 0.786. The molecule has 0 atom stereocenters. The summed E-state index contributed by atoms with van der Waals surface area (Å²) in [6.45, 7) is 3.82. The van der Waals surface area contributed by atoms with Gasteiger partial charge < -0.3 is 11.1 Å². The average Bonchev–Trinajstić information content (AvgIpc) is 2.29. The molecule has 0 saturated heterocycles. The molecular formula is C11H17N3O. The van der Waals surface area contributed by atoms with Gasteiger partial charge in [0, 0.05) is 18.1 Å². The van der Waals surface area contributed by atoms with Crippen LogP contribution in [0.2, 0.25) is 0 Å². The van der Waals surface area contributed by atoms with Gasteiger partial charge in [-0.15, -0.1) is 0 Å². The zero-order valence-corrected chi connectivity index (χ0v) is 9.16. The number of carbonyl (C=O) groups excluding carboxylic acids is 1. The predicted octanol–water partition coefficient (Wildman–Crippen LogP) is 1.54. The van der Waals surface area contributed by atoms with Crippen LogP contribution in [0, 0.1) is 0 Å². The Bertz CT molecular complexity index is 320. The Labute approximate surface area is 89.9 Å². The molecule has 1 aromatic rings. The van der Waals surface area contributed by atoms with Crippen LogP contribution in [0.4, 0.5) is 5.69 Å². The maximum absolute atomic E-state index is 11.8. The molecule has 0 aromatic carbocycles. The third-order valence-electron chi connectivity index (χ3n) is 2.65. The molecule has 0 unspecified atom stereocenters. The lowest BCUT2D eigenvalue weighted by Crippen LogP contribution is -2.50. The zero-order chi connectivity index (χ0) is 11.3. The molecule has 0 bridgehead atoms. The van der Waals surface area contributed by atoms with E-state index in [-0.39, 0.29) is 5.91 Å². The number of aromatic nitrogens is 1. The molecule has 0 saturated carbocycles. The molecule has 1 amide bonds. The molecule has 1 aromatic heterocycles. The van der Waals surface area contributed by atoms with Gasteiger partial charge in [-0.25, -0.2) is 0 Å². The summed E-state index contributed by atoms with van der Waals surface area (Å²) in [4.78, 5) is 15.7. The van der Waals surface area contributed by atoms with Gasteiger partial charge in [-0.3, -0.25) is 9.78 Å². The number of hydrogen-bond donors (Lipinski definition) is 2. The van der Waals surface area contributed by atoms with Crippen LogP contribution in [0.15, 0.2) is 24.5 Å². The van der Waals surface area contributed by atoms with Crippen LogP contribution < -0.4 is 11.1 Å². The fraction of sp³-hybridized carbons (Fsp3) is 0.455. The highest BCUT2D eigenvalue weighted by Gasteiger charge is 2.29. The van der Waals surface area contributed by atoms with Crippen LogP contribution in [0.1, 0.15) is 26.7 Å². The Balaban J connectivity index is 2.71. The molecule has 1 heterocycles. The summed E-state index contributed by atoms with van der Waals surface area (Å²) in [6, 6.07) is 3.48. The van der Waals surface area contributed by atoms with E-state index in [2.05, 4.69) is 10.3 Å². The van der Waals surface area contributed by atoms with E-state index in [1.165, 1.54) is 0 Å². The average molecular weight is 207 g/mol. The largest absolute Gasteiger partial charge is 0.324 e. The lowest BCUT2D eigenvalue weighted by atomic mass is 9.93. The number of nitrogens with one attached hydrogen (secondary N) is 1. The minimum atomic E-state index is -0.775. The number of hydrogen-bond acceptors (Lipinski definition) is 3. The van der Waals surface area contributed by atoms with Gasteiger partial charge >= 0.3 is 0 Å². The maximum Gasteiger partial charge on any atom is 0.244 e. The third kappa shape index (κ3) is 2.76. The Kier molecular flexibility index (Phi) is 3.80. The lowest BCUT2D eigenvalue weighted by molar-refractivity contribution is -0.121. The molecule has 0 aliphatic heterocycles. The number of nitrogens with zero attached hydrogens (tertiary/aromatic N) is 1. The van der Waals surface area contributed by atoms with Gasteiger partial charge in [-0.05, 0) is 25.0 Å². The van der Waals surface area contributed by atoms with Crippen molar-refractivity contribution < 1.29 is 4.79 Å². The SMILES string of the molecule is CCC(N)(CC)C(=O)Nc1ccncc1. The third-order valence-corrected chi connectivity index (χ3v) is 2.65. The normalized spacial score (nSPS) is 11.1. The van der Waals surface area contributed by atoms with E-state index in [9.17, 15) is 4.79 Å². The first-order chi connectivity index (χ1) is 7.12. The summed E-state index contributed by atoms with van der Waals surface area (Å²) < 4.78 is 0. The molecular weight excluding hydrogens is 190 g/mol. The molecule has 3 N–H and O–H groups in total. The van der Waals surface area contributed by atoms with Crippen LogP contribution in [-0.4, -0.2) is 16.4 Å². The van der Waals surface area contributed by atoms with E-state index in [0.717, 1.165) is 5.69 Å². The van der Waals surface area contributed by atoms with E-state index in [0.29, 0.717) is 12.8 Å². The van der Waals surface area contributed by atoms with Gasteiger partial charge in [-0.2, -0.15) is 0 Å². The van der Waals surface area contributed by atoms with Gasteiger partial charge in [0.05, 0.1) is 5.54 Å². The van der Waals surface area contributed by atoms with Gasteiger partial charge in [0.1, 0.15) is 0 Å². The molecule has 0 aliphatic carbocycles. The summed E-state index contributed by atoms with van der Waals surface area (Å²) in [5.41, 5.74) is 5.91. The Morgan fingerprint density at radius 2 is 1.93 bits per heavy atom. The molecule has 1 rings (SSSR count). The second kappa shape index (κ2) is 4.89. The molecule has 15 heavy (non-hydrogen) atoms. The Morgan fingerprint density at radius 1 is 1.40 bits per heavy atom. The Hall–Kier alpha value is -1.42. The first kappa shape index (κ1) is 11.7. The van der Waals surface area contributed by atoms with Crippen LogP contribution in [0.5, 0.6) is 0 Å². The molecule has 0 radical (unpaired) electrons. The highest BCUT2D eigenvalue weighted by Crippen LogP contribution is 2.14. The van der Waals surface area contributed by atoms with Crippen LogP contribution in [-0.2, 0) is 4.79 Å². The molecule has 4 heteroatoms. The van der Waals surface area contributed by atoms with E-state index >= 15 is 0 Å². The highest BCUT2D eigenvalue weighted by atomic mass is 16.2. The van der Waals surface area contributed by atoms with Gasteiger partial charge in [0.25, 0.3) is 0 Å². The first-order valence-electron chi connectivity index (χ1n) is 5.12. The lowest BCUT2D eigenvalue weighted by Gasteiger charge is -2.25. The van der Waals surface area contributed by atoms with Crippen molar-refractivity contribution in [3.8, 4) is 0 Å². The smallest absolute Gasteiger partial charge is 0.244 e. The van der Waals surface area contributed by atoms with Crippen molar-refractivity contribution in [3.05, 3.63) is 24.5 Å². The molecule has 82 valence electrons. The zero-order valence-electron chi connectivity index (χ0n) is 9.16. The number of anilines is 1. The van der Waals surface area contributed by atoms with Gasteiger partial charge in [0.2, 0.25) is 5.91 Å². The van der Waals surface area contributed by atoms with E-state index in [1.807, 2.05) is 13.8 Å². The monoisotopic (exact) mass is 207 g/mol. The van der Waals surface area contributed by atoms with E-state index in [1.54, 1.807) is 24.5 Å². The number of nitrogens with two attached hydrogens (primary N) is 1. The van der Waals surface area contributed by atoms with Crippen molar-refractivity contribution in [3.63, 3.8) is 0 Å². The van der Waals surface area contributed by atoms with Gasteiger partial charge in [-0.1, -0.05) is 13.8 Å². The fourth-order valence-electron chi connectivity index (χ4n) is 1.26. The summed E-state index contributed by atoms with van der Waals surface area (Å²) >= 11 is 0. The van der Waals surface area contributed by atoms with Crippen molar-refractivity contribution in [1.29, 1.82) is 0 Å². The van der Waals surface area contributed by atoms with E-state index < -0.39 is 5.54 Å². The standard InChI is InChI=1S/C11H17N3O/c1-3-11(12,4-2)10(15)14-9-5-7-13-8-6-9/h5-8H,3-4,12H2,1-2H3,(H,13,14,15). The van der Waals surface area contributed by atoms with Crippen LogP contribution in [0.25, 0.3) is 0 Å². The highest BCUT2D eigenvalue weighted by molar-refractivity contribution is 5.97. The second-order valence-corrected chi connectivity index (χ2v) is 3.55. The van der Waals surface area contributed by atoms with Crippen molar-refractivity contribution in [1.82, 2.24) is 4.98 Å². The minimum Gasteiger partial charge on any atom is -0.324 e. The topological polar surface area (TPSA) is 68.0 Å². The summed E-state index contributed by atoms with van der Waals surface area (Å²) in [5.74, 6) is -0.140. The molecule has 4 nitrogen and oxygen atoms in total. The van der Waals surface area contributed by atoms with Crippen molar-refractivity contribution in [2.75, 3.05) is 5.32 Å². The fourth-order valence-corrected chi connectivity index (χ4v) is 1.26. The number of pyridine rings is 1. The van der Waals surface area contributed by atoms with Crippen molar-refractivity contribution in [2.45, 2.75) is 32.2 Å². The maximum atomic E-state index is 11.8. The Morgan fingerprint density at radius 3 is 2.40 bits per heavy atom. The summed E-state index contributed by atoms with van der Waals surface area (Å²) in [5, 5.41) is 2.78. The van der Waals surface area contributed by atoms with Crippen LogP contribution in [0.3, 0.4) is 0 Å². The summed E-state index contributed by atoms with van der Waals surface area (Å²) in [7, 11) is 0. The first-order valence-corrected chi connectivity index (χ1v) is 5.12. The predicted molar refractivity (Wildman–Crippen MR) is 60.4 cm³/mol. The minimum absolute atomic E-state index is 0.140. The van der Waals surface area contributed by atoms with Gasteiger partial charge in [0.15, 0.2) is 0 Å². The van der Waals surface area contributed by atoms with Crippen molar-refractivity contribution >= 4 is 11.6 Å². The van der Waals surface area contributed by atoms with Crippen molar-refractivity contribution in [2.24, 2.45) is 5.73 Å². The number of amides is 1. The summed E-state index contributed by atoms with van der Waals surface area (Å²) in [6.07, 6.45) is 4.51. The number of rotatable bonds is 4. The second-order valence-electron chi connectivity index (χ2n) is 3.55. The van der Waals surface area contributed by atoms with Crippen LogP contribution >= 0.6 is 0 Å². The van der Waals surface area contributed by atoms with E-state index in [4.69, 9.17) is 5.73 Å². The molecule has 0 aliphatic rings. The molecule has 0 fully saturated rings. The number of carbonyl (C=O) groups is 1.